The molecule has 1 heterocycles. The summed E-state index contributed by atoms with van der Waals surface area (Å²) in [4.78, 5) is 10.9. The highest BCUT2D eigenvalue weighted by Gasteiger charge is 2.27. The van der Waals surface area contributed by atoms with E-state index in [1.54, 1.807) is 11.8 Å². The second-order valence-electron chi connectivity index (χ2n) is 2.93. The zero-order chi connectivity index (χ0) is 9.84. The van der Waals surface area contributed by atoms with E-state index in [1.807, 2.05) is 6.92 Å². The summed E-state index contributed by atoms with van der Waals surface area (Å²) in [5.41, 5.74) is 0. The van der Waals surface area contributed by atoms with Crippen LogP contribution in [0.3, 0.4) is 0 Å². The highest BCUT2D eigenvalue weighted by Crippen LogP contribution is 2.26. The molecule has 0 spiro atoms. The van der Waals surface area contributed by atoms with Crippen LogP contribution in [0.5, 0.6) is 0 Å². The van der Waals surface area contributed by atoms with Gasteiger partial charge in [0.15, 0.2) is 0 Å². The third-order valence-corrected chi connectivity index (χ3v) is 3.73. The van der Waals surface area contributed by atoms with Crippen LogP contribution in [-0.4, -0.2) is 34.7 Å². The van der Waals surface area contributed by atoms with E-state index in [1.165, 1.54) is 0 Å². The van der Waals surface area contributed by atoms with Crippen molar-refractivity contribution in [3.8, 4) is 0 Å². The SMILES string of the molecule is CC1OC(OC(=O)CBr)CSC1C. The van der Waals surface area contributed by atoms with Crippen molar-refractivity contribution in [1.29, 1.82) is 0 Å². The normalized spacial score (nSPS) is 34.2. The molecule has 0 aromatic heterocycles. The van der Waals surface area contributed by atoms with E-state index in [-0.39, 0.29) is 23.7 Å². The standard InChI is InChI=1S/C8H13BrO3S/c1-5-6(2)13-4-8(11-5)12-7(10)3-9/h5-6,8H,3-4H2,1-2H3. The van der Waals surface area contributed by atoms with Crippen molar-refractivity contribution in [2.45, 2.75) is 31.5 Å². The molecule has 1 fully saturated rings. The van der Waals surface area contributed by atoms with Crippen LogP contribution in [-0.2, 0) is 14.3 Å². The summed E-state index contributed by atoms with van der Waals surface area (Å²) < 4.78 is 10.5. The smallest absolute Gasteiger partial charge is 0.318 e. The molecule has 3 unspecified atom stereocenters. The first-order valence-electron chi connectivity index (χ1n) is 4.16. The Morgan fingerprint density at radius 2 is 2.38 bits per heavy atom. The number of carbonyl (C=O) groups excluding carboxylic acids is 1. The highest BCUT2D eigenvalue weighted by molar-refractivity contribution is 9.09. The number of rotatable bonds is 2. The van der Waals surface area contributed by atoms with E-state index in [0.29, 0.717) is 5.25 Å². The maximum Gasteiger partial charge on any atom is 0.318 e. The van der Waals surface area contributed by atoms with Crippen LogP contribution < -0.4 is 0 Å². The van der Waals surface area contributed by atoms with E-state index in [4.69, 9.17) is 9.47 Å². The van der Waals surface area contributed by atoms with Crippen LogP contribution in [0.25, 0.3) is 0 Å². The third-order valence-electron chi connectivity index (χ3n) is 1.89. The number of alkyl halides is 1. The first-order chi connectivity index (χ1) is 6.13. The minimum absolute atomic E-state index is 0.145. The second kappa shape index (κ2) is 5.22. The number of esters is 1. The van der Waals surface area contributed by atoms with E-state index in [0.717, 1.165) is 5.75 Å². The molecule has 1 aliphatic rings. The van der Waals surface area contributed by atoms with Crippen LogP contribution in [0, 0.1) is 0 Å². The molecule has 1 saturated heterocycles. The zero-order valence-electron chi connectivity index (χ0n) is 7.66. The first-order valence-corrected chi connectivity index (χ1v) is 6.33. The maximum atomic E-state index is 10.9. The van der Waals surface area contributed by atoms with Gasteiger partial charge in [-0.15, -0.1) is 11.8 Å². The summed E-state index contributed by atoms with van der Waals surface area (Å²) in [5.74, 6) is 0.455. The van der Waals surface area contributed by atoms with Crippen LogP contribution >= 0.6 is 27.7 Å². The van der Waals surface area contributed by atoms with Crippen molar-refractivity contribution in [1.82, 2.24) is 0 Å². The molecule has 1 aliphatic heterocycles. The van der Waals surface area contributed by atoms with Crippen molar-refractivity contribution in [3.05, 3.63) is 0 Å². The first kappa shape index (κ1) is 11.3. The van der Waals surface area contributed by atoms with Gasteiger partial charge in [-0.05, 0) is 6.92 Å². The summed E-state index contributed by atoms with van der Waals surface area (Å²) >= 11 is 4.80. The molecule has 0 radical (unpaired) electrons. The molecule has 0 bridgehead atoms. The second-order valence-corrected chi connectivity index (χ2v) is 4.90. The van der Waals surface area contributed by atoms with E-state index < -0.39 is 0 Å². The molecule has 0 aromatic rings. The van der Waals surface area contributed by atoms with Crippen molar-refractivity contribution in [2.24, 2.45) is 0 Å². The zero-order valence-corrected chi connectivity index (χ0v) is 10.1. The van der Waals surface area contributed by atoms with Gasteiger partial charge in [-0.1, -0.05) is 22.9 Å². The van der Waals surface area contributed by atoms with Crippen LogP contribution in [0.4, 0.5) is 0 Å². The molecule has 0 amide bonds. The van der Waals surface area contributed by atoms with Gasteiger partial charge in [-0.3, -0.25) is 4.79 Å². The molecule has 5 heteroatoms. The summed E-state index contributed by atoms with van der Waals surface area (Å²) in [6.45, 7) is 4.10. The highest BCUT2D eigenvalue weighted by atomic mass is 79.9. The van der Waals surface area contributed by atoms with Gasteiger partial charge in [0.2, 0.25) is 6.29 Å². The monoisotopic (exact) mass is 268 g/mol. The fraction of sp³-hybridized carbons (Fsp3) is 0.875. The minimum atomic E-state index is -0.374. The van der Waals surface area contributed by atoms with Crippen LogP contribution in [0.15, 0.2) is 0 Å². The molecule has 0 aromatic carbocycles. The topological polar surface area (TPSA) is 35.5 Å². The number of hydrogen-bond donors (Lipinski definition) is 0. The molecule has 0 saturated carbocycles. The Kier molecular flexibility index (Phi) is 4.55. The van der Waals surface area contributed by atoms with Crippen molar-refractivity contribution in [3.63, 3.8) is 0 Å². The lowest BCUT2D eigenvalue weighted by Crippen LogP contribution is -2.37. The molecule has 3 atom stereocenters. The van der Waals surface area contributed by atoms with Gasteiger partial charge in [0.1, 0.15) is 5.33 Å². The average Bonchev–Trinajstić information content (AvgIpc) is 2.11. The summed E-state index contributed by atoms with van der Waals surface area (Å²) in [6, 6.07) is 0. The lowest BCUT2D eigenvalue weighted by molar-refractivity contribution is -0.180. The molecule has 13 heavy (non-hydrogen) atoms. The lowest BCUT2D eigenvalue weighted by atomic mass is 10.3. The van der Waals surface area contributed by atoms with Gasteiger partial charge < -0.3 is 9.47 Å². The quantitative estimate of drug-likeness (QED) is 0.565. The Morgan fingerprint density at radius 3 is 2.92 bits per heavy atom. The van der Waals surface area contributed by atoms with Crippen LogP contribution in [0.1, 0.15) is 13.8 Å². The fourth-order valence-corrected chi connectivity index (χ4v) is 2.07. The summed E-state index contributed by atoms with van der Waals surface area (Å²) in [6.07, 6.45) is -0.229. The number of thioether (sulfide) groups is 1. The predicted molar refractivity (Wildman–Crippen MR) is 56.1 cm³/mol. The van der Waals surface area contributed by atoms with Gasteiger partial charge in [-0.25, -0.2) is 0 Å². The Bertz CT molecular complexity index is 188. The molecule has 76 valence electrons. The van der Waals surface area contributed by atoms with Gasteiger partial charge >= 0.3 is 5.97 Å². The summed E-state index contributed by atoms with van der Waals surface area (Å²) in [7, 11) is 0. The number of halogens is 1. The molecule has 1 rings (SSSR count). The third kappa shape index (κ3) is 3.48. The Balaban J connectivity index is 2.33. The fourth-order valence-electron chi connectivity index (χ4n) is 0.995. The van der Waals surface area contributed by atoms with Crippen molar-refractivity contribution < 1.29 is 14.3 Å². The van der Waals surface area contributed by atoms with E-state index in [2.05, 4.69) is 22.9 Å². The number of carbonyl (C=O) groups is 1. The molecular formula is C8H13BrO3S. The van der Waals surface area contributed by atoms with Crippen molar-refractivity contribution >= 4 is 33.7 Å². The summed E-state index contributed by atoms with van der Waals surface area (Å²) in [5, 5.41) is 0.695. The lowest BCUT2D eigenvalue weighted by Gasteiger charge is -2.31. The van der Waals surface area contributed by atoms with Gasteiger partial charge in [0, 0.05) is 5.25 Å². The minimum Gasteiger partial charge on any atom is -0.434 e. The maximum absolute atomic E-state index is 10.9. The number of hydrogen-bond acceptors (Lipinski definition) is 4. The molecule has 0 aliphatic carbocycles. The Hall–Kier alpha value is 0.260. The van der Waals surface area contributed by atoms with Crippen molar-refractivity contribution in [2.75, 3.05) is 11.1 Å². The van der Waals surface area contributed by atoms with E-state index >= 15 is 0 Å². The van der Waals surface area contributed by atoms with Crippen LogP contribution in [0.2, 0.25) is 0 Å². The largest absolute Gasteiger partial charge is 0.434 e. The molecule has 3 nitrogen and oxygen atoms in total. The Labute approximate surface area is 90.7 Å². The molecular weight excluding hydrogens is 256 g/mol. The van der Waals surface area contributed by atoms with Gasteiger partial charge in [0.05, 0.1) is 11.9 Å². The number of ether oxygens (including phenoxy) is 2. The average molecular weight is 269 g/mol. The Morgan fingerprint density at radius 1 is 1.69 bits per heavy atom. The predicted octanol–water partition coefficient (Wildman–Crippen LogP) is 1.79. The van der Waals surface area contributed by atoms with Gasteiger partial charge in [0.25, 0.3) is 0 Å². The van der Waals surface area contributed by atoms with Gasteiger partial charge in [-0.2, -0.15) is 0 Å². The van der Waals surface area contributed by atoms with E-state index in [9.17, 15) is 4.79 Å². The molecule has 0 N–H and O–H groups in total.